The van der Waals surface area contributed by atoms with Crippen LogP contribution in [0.25, 0.3) is 0 Å². The zero-order chi connectivity index (χ0) is 20.1. The summed E-state index contributed by atoms with van der Waals surface area (Å²) in [6.07, 6.45) is 3.42. The zero-order valence-corrected chi connectivity index (χ0v) is 16.4. The van der Waals surface area contributed by atoms with Gasteiger partial charge in [0.05, 0.1) is 18.4 Å². The van der Waals surface area contributed by atoms with Crippen LogP contribution in [0.2, 0.25) is 0 Å². The van der Waals surface area contributed by atoms with Crippen LogP contribution in [0.1, 0.15) is 32.9 Å². The standard InChI is InChI=1S/C21H23N3O4/c1-14-18(15(2)28-23-14)13-27-19-6-5-17(11-20(19)26-4)21(25)24(3)12-16-7-9-22-10-8-16/h5-11H,12-13H2,1-4H3. The van der Waals surface area contributed by atoms with E-state index in [0.717, 1.165) is 22.6 Å². The van der Waals surface area contributed by atoms with Crippen molar-refractivity contribution in [3.63, 3.8) is 0 Å². The van der Waals surface area contributed by atoms with E-state index in [4.69, 9.17) is 14.0 Å². The monoisotopic (exact) mass is 381 g/mol. The van der Waals surface area contributed by atoms with Crippen molar-refractivity contribution in [2.45, 2.75) is 27.0 Å². The third-order valence-electron chi connectivity index (χ3n) is 4.48. The molecule has 0 fully saturated rings. The molecule has 0 aliphatic heterocycles. The predicted octanol–water partition coefficient (Wildman–Crippen LogP) is 3.55. The van der Waals surface area contributed by atoms with E-state index in [2.05, 4.69) is 10.1 Å². The molecule has 2 aromatic heterocycles. The Morgan fingerprint density at radius 2 is 1.89 bits per heavy atom. The van der Waals surface area contributed by atoms with Gasteiger partial charge in [-0.3, -0.25) is 9.78 Å². The van der Waals surface area contributed by atoms with Crippen LogP contribution in [-0.4, -0.2) is 35.1 Å². The Morgan fingerprint density at radius 3 is 2.54 bits per heavy atom. The van der Waals surface area contributed by atoms with Gasteiger partial charge in [-0.15, -0.1) is 0 Å². The lowest BCUT2D eigenvalue weighted by Gasteiger charge is -2.18. The molecule has 0 saturated heterocycles. The van der Waals surface area contributed by atoms with Gasteiger partial charge in [0, 0.05) is 31.5 Å². The molecule has 2 heterocycles. The number of pyridine rings is 1. The van der Waals surface area contributed by atoms with Crippen molar-refractivity contribution in [1.82, 2.24) is 15.0 Å². The summed E-state index contributed by atoms with van der Waals surface area (Å²) in [6.45, 7) is 4.52. The first-order valence-corrected chi connectivity index (χ1v) is 8.86. The molecule has 0 bridgehead atoms. The number of carbonyl (C=O) groups is 1. The highest BCUT2D eigenvalue weighted by atomic mass is 16.5. The molecule has 1 amide bonds. The van der Waals surface area contributed by atoms with Gasteiger partial charge in [0.2, 0.25) is 0 Å². The molecule has 1 aromatic carbocycles. The molecule has 7 nitrogen and oxygen atoms in total. The molecule has 0 aliphatic carbocycles. The van der Waals surface area contributed by atoms with E-state index < -0.39 is 0 Å². The highest BCUT2D eigenvalue weighted by molar-refractivity contribution is 5.94. The molecular formula is C21H23N3O4. The summed E-state index contributed by atoms with van der Waals surface area (Å²) in [5, 5.41) is 3.92. The van der Waals surface area contributed by atoms with Crippen LogP contribution in [0.4, 0.5) is 0 Å². The van der Waals surface area contributed by atoms with Crippen LogP contribution in [0.15, 0.2) is 47.2 Å². The van der Waals surface area contributed by atoms with Crippen molar-refractivity contribution >= 4 is 5.91 Å². The lowest BCUT2D eigenvalue weighted by molar-refractivity contribution is 0.0784. The summed E-state index contributed by atoms with van der Waals surface area (Å²) in [7, 11) is 3.31. The smallest absolute Gasteiger partial charge is 0.254 e. The van der Waals surface area contributed by atoms with Gasteiger partial charge in [-0.2, -0.15) is 0 Å². The highest BCUT2D eigenvalue weighted by Crippen LogP contribution is 2.30. The van der Waals surface area contributed by atoms with E-state index in [1.54, 1.807) is 49.7 Å². The minimum atomic E-state index is -0.104. The van der Waals surface area contributed by atoms with Crippen LogP contribution >= 0.6 is 0 Å². The Hall–Kier alpha value is -3.35. The van der Waals surface area contributed by atoms with Gasteiger partial charge >= 0.3 is 0 Å². The fourth-order valence-electron chi connectivity index (χ4n) is 2.83. The van der Waals surface area contributed by atoms with Crippen molar-refractivity contribution in [1.29, 1.82) is 0 Å². The summed E-state index contributed by atoms with van der Waals surface area (Å²) < 4.78 is 16.4. The highest BCUT2D eigenvalue weighted by Gasteiger charge is 2.16. The number of methoxy groups -OCH3 is 1. The Labute approximate surface area is 163 Å². The molecular weight excluding hydrogens is 358 g/mol. The quantitative estimate of drug-likeness (QED) is 0.623. The first kappa shape index (κ1) is 19.4. The number of carbonyl (C=O) groups excluding carboxylic acids is 1. The molecule has 3 rings (SSSR count). The maximum absolute atomic E-state index is 12.8. The second kappa shape index (κ2) is 8.56. The Balaban J connectivity index is 1.72. The van der Waals surface area contributed by atoms with Crippen molar-refractivity contribution in [3.8, 4) is 11.5 Å². The van der Waals surface area contributed by atoms with Crippen LogP contribution in [0, 0.1) is 13.8 Å². The van der Waals surface area contributed by atoms with Crippen molar-refractivity contribution in [2.75, 3.05) is 14.2 Å². The number of aromatic nitrogens is 2. The first-order valence-electron chi connectivity index (χ1n) is 8.86. The summed E-state index contributed by atoms with van der Waals surface area (Å²) in [5.74, 6) is 1.67. The number of nitrogens with zero attached hydrogens (tertiary/aromatic N) is 3. The van der Waals surface area contributed by atoms with Crippen LogP contribution in [-0.2, 0) is 13.2 Å². The number of aryl methyl sites for hydroxylation is 2. The summed E-state index contributed by atoms with van der Waals surface area (Å²) in [5.41, 5.74) is 3.23. The predicted molar refractivity (Wildman–Crippen MR) is 103 cm³/mol. The van der Waals surface area contributed by atoms with E-state index in [-0.39, 0.29) is 5.91 Å². The van der Waals surface area contributed by atoms with Crippen LogP contribution in [0.3, 0.4) is 0 Å². The van der Waals surface area contributed by atoms with Crippen LogP contribution < -0.4 is 9.47 Å². The van der Waals surface area contributed by atoms with E-state index in [9.17, 15) is 4.79 Å². The minimum absolute atomic E-state index is 0.104. The second-order valence-electron chi connectivity index (χ2n) is 6.47. The Morgan fingerprint density at radius 1 is 1.14 bits per heavy atom. The van der Waals surface area contributed by atoms with Crippen molar-refractivity contribution < 1.29 is 18.8 Å². The largest absolute Gasteiger partial charge is 0.493 e. The minimum Gasteiger partial charge on any atom is -0.493 e. The molecule has 0 aliphatic rings. The molecule has 0 spiro atoms. The van der Waals surface area contributed by atoms with Gasteiger partial charge in [-0.1, -0.05) is 5.16 Å². The summed E-state index contributed by atoms with van der Waals surface area (Å²) in [4.78, 5) is 18.4. The summed E-state index contributed by atoms with van der Waals surface area (Å²) >= 11 is 0. The zero-order valence-electron chi connectivity index (χ0n) is 16.4. The fourth-order valence-corrected chi connectivity index (χ4v) is 2.83. The maximum Gasteiger partial charge on any atom is 0.254 e. The van der Waals surface area contributed by atoms with Crippen molar-refractivity contribution in [3.05, 3.63) is 70.9 Å². The third kappa shape index (κ3) is 4.31. The van der Waals surface area contributed by atoms with E-state index in [0.29, 0.717) is 30.2 Å². The summed E-state index contributed by atoms with van der Waals surface area (Å²) in [6, 6.07) is 8.93. The lowest BCUT2D eigenvalue weighted by Crippen LogP contribution is -2.26. The van der Waals surface area contributed by atoms with Gasteiger partial charge in [-0.05, 0) is 49.7 Å². The average Bonchev–Trinajstić information content (AvgIpc) is 3.04. The SMILES string of the molecule is COc1cc(C(=O)N(C)Cc2ccncc2)ccc1OCc1c(C)noc1C. The molecule has 0 atom stereocenters. The molecule has 0 radical (unpaired) electrons. The van der Waals surface area contributed by atoms with Gasteiger partial charge < -0.3 is 18.9 Å². The van der Waals surface area contributed by atoms with Crippen molar-refractivity contribution in [2.24, 2.45) is 0 Å². The van der Waals surface area contributed by atoms with Gasteiger partial charge in [0.25, 0.3) is 5.91 Å². The molecule has 0 N–H and O–H groups in total. The number of ether oxygens (including phenoxy) is 2. The van der Waals surface area contributed by atoms with Crippen LogP contribution in [0.5, 0.6) is 11.5 Å². The topological polar surface area (TPSA) is 77.7 Å². The Kier molecular flexibility index (Phi) is 5.93. The molecule has 7 heteroatoms. The molecule has 146 valence electrons. The Bertz CT molecular complexity index is 934. The lowest BCUT2D eigenvalue weighted by atomic mass is 10.1. The molecule has 3 aromatic rings. The van der Waals surface area contributed by atoms with E-state index in [1.165, 1.54) is 0 Å². The number of rotatable bonds is 7. The van der Waals surface area contributed by atoms with Gasteiger partial charge in [-0.25, -0.2) is 0 Å². The van der Waals surface area contributed by atoms with E-state index in [1.807, 2.05) is 26.0 Å². The molecule has 28 heavy (non-hydrogen) atoms. The van der Waals surface area contributed by atoms with Gasteiger partial charge in [0.1, 0.15) is 12.4 Å². The number of amides is 1. The second-order valence-corrected chi connectivity index (χ2v) is 6.47. The average molecular weight is 381 g/mol. The van der Waals surface area contributed by atoms with E-state index >= 15 is 0 Å². The normalized spacial score (nSPS) is 10.6. The molecule has 0 unspecified atom stereocenters. The maximum atomic E-state index is 12.8. The fraction of sp³-hybridized carbons (Fsp3) is 0.286. The number of hydrogen-bond donors (Lipinski definition) is 0. The van der Waals surface area contributed by atoms with Gasteiger partial charge in [0.15, 0.2) is 11.5 Å². The third-order valence-corrected chi connectivity index (χ3v) is 4.48. The molecule has 0 saturated carbocycles. The first-order chi connectivity index (χ1) is 13.5. The number of benzene rings is 1. The number of hydrogen-bond acceptors (Lipinski definition) is 6.